The second-order valence-corrected chi connectivity index (χ2v) is 5.90. The average molecular weight is 369 g/mol. The van der Waals surface area contributed by atoms with Crippen molar-refractivity contribution < 1.29 is 14.1 Å². The van der Waals surface area contributed by atoms with Crippen molar-refractivity contribution in [2.24, 2.45) is 0 Å². The molecule has 8 heteroatoms. The van der Waals surface area contributed by atoms with Crippen molar-refractivity contribution >= 4 is 6.03 Å². The minimum Gasteiger partial charge on any atom is -0.497 e. The highest BCUT2D eigenvalue weighted by Crippen LogP contribution is 2.16. The molecule has 2 amide bonds. The first-order valence-electron chi connectivity index (χ1n) is 8.82. The lowest BCUT2D eigenvalue weighted by Gasteiger charge is -2.06. The van der Waals surface area contributed by atoms with Crippen molar-refractivity contribution in [3.05, 3.63) is 54.0 Å². The van der Waals surface area contributed by atoms with Gasteiger partial charge in [0.1, 0.15) is 5.75 Å². The van der Waals surface area contributed by atoms with Crippen LogP contribution < -0.4 is 15.4 Å². The van der Waals surface area contributed by atoms with Crippen LogP contribution in [0.3, 0.4) is 0 Å². The number of amides is 2. The Morgan fingerprint density at radius 2 is 2.04 bits per heavy atom. The van der Waals surface area contributed by atoms with Gasteiger partial charge in [0, 0.05) is 19.3 Å². The van der Waals surface area contributed by atoms with Gasteiger partial charge in [0.2, 0.25) is 11.7 Å². The molecule has 0 aliphatic rings. The molecule has 2 aromatic heterocycles. The monoisotopic (exact) mass is 369 g/mol. The Morgan fingerprint density at radius 3 is 2.78 bits per heavy atom. The first-order valence-corrected chi connectivity index (χ1v) is 8.82. The van der Waals surface area contributed by atoms with Gasteiger partial charge in [-0.3, -0.25) is 0 Å². The molecular weight excluding hydrogens is 346 g/mol. The van der Waals surface area contributed by atoms with Gasteiger partial charge in [-0.15, -0.1) is 0 Å². The van der Waals surface area contributed by atoms with E-state index in [-0.39, 0.29) is 12.6 Å². The molecule has 0 unspecified atom stereocenters. The van der Waals surface area contributed by atoms with Gasteiger partial charge < -0.3 is 24.5 Å². The summed E-state index contributed by atoms with van der Waals surface area (Å²) in [6.07, 6.45) is 2.69. The number of aromatic nitrogens is 3. The Hall–Kier alpha value is -3.29. The van der Waals surface area contributed by atoms with Crippen molar-refractivity contribution in [1.82, 2.24) is 25.3 Å². The summed E-state index contributed by atoms with van der Waals surface area (Å²) in [7, 11) is 1.63. The molecule has 0 saturated heterocycles. The second-order valence-electron chi connectivity index (χ2n) is 5.90. The fourth-order valence-corrected chi connectivity index (χ4v) is 2.65. The van der Waals surface area contributed by atoms with Crippen molar-refractivity contribution in [2.45, 2.75) is 26.4 Å². The molecule has 2 N–H and O–H groups in total. The van der Waals surface area contributed by atoms with Crippen LogP contribution in [0.5, 0.6) is 5.75 Å². The molecule has 0 aliphatic heterocycles. The normalized spacial score (nSPS) is 10.6. The lowest BCUT2D eigenvalue weighted by Crippen LogP contribution is -2.36. The second kappa shape index (κ2) is 8.88. The zero-order chi connectivity index (χ0) is 19.1. The van der Waals surface area contributed by atoms with Gasteiger partial charge in [0.05, 0.1) is 19.3 Å². The minimum atomic E-state index is -0.278. The third kappa shape index (κ3) is 4.87. The van der Waals surface area contributed by atoms with Gasteiger partial charge in [-0.2, -0.15) is 4.98 Å². The van der Waals surface area contributed by atoms with E-state index in [1.54, 1.807) is 7.11 Å². The molecule has 1 aromatic carbocycles. The van der Waals surface area contributed by atoms with E-state index < -0.39 is 0 Å². The van der Waals surface area contributed by atoms with Crippen molar-refractivity contribution in [2.75, 3.05) is 13.7 Å². The molecule has 0 radical (unpaired) electrons. The smallest absolute Gasteiger partial charge is 0.315 e. The molecule has 0 saturated carbocycles. The summed E-state index contributed by atoms with van der Waals surface area (Å²) in [5.74, 6) is 1.69. The van der Waals surface area contributed by atoms with Crippen LogP contribution in [0.25, 0.3) is 11.5 Å². The molecule has 2 heterocycles. The molecule has 8 nitrogen and oxygen atoms in total. The third-order valence-corrected chi connectivity index (χ3v) is 4.13. The van der Waals surface area contributed by atoms with Crippen LogP contribution in [-0.2, 0) is 19.5 Å². The SMILES string of the molecule is CCn1cccc1-c1noc(CNC(=O)NCCc2ccc(OC)cc2)n1. The van der Waals surface area contributed by atoms with E-state index in [2.05, 4.69) is 20.8 Å². The summed E-state index contributed by atoms with van der Waals surface area (Å²) >= 11 is 0. The number of nitrogens with zero attached hydrogens (tertiary/aromatic N) is 3. The predicted octanol–water partition coefficient (Wildman–Crippen LogP) is 2.61. The maximum absolute atomic E-state index is 11.9. The summed E-state index contributed by atoms with van der Waals surface area (Å²) in [6, 6.07) is 11.3. The lowest BCUT2D eigenvalue weighted by atomic mass is 10.1. The molecular formula is C19H23N5O3. The maximum atomic E-state index is 11.9. The van der Waals surface area contributed by atoms with Gasteiger partial charge in [0.15, 0.2) is 0 Å². The number of aryl methyl sites for hydroxylation is 1. The minimum absolute atomic E-state index is 0.175. The van der Waals surface area contributed by atoms with Crippen molar-refractivity contribution in [3.8, 4) is 17.3 Å². The number of carbonyl (C=O) groups is 1. The molecule has 142 valence electrons. The van der Waals surface area contributed by atoms with Crippen molar-refractivity contribution in [3.63, 3.8) is 0 Å². The van der Waals surface area contributed by atoms with Gasteiger partial charge in [0.25, 0.3) is 0 Å². The van der Waals surface area contributed by atoms with Gasteiger partial charge in [-0.25, -0.2) is 4.79 Å². The van der Waals surface area contributed by atoms with Crippen LogP contribution in [0.1, 0.15) is 18.4 Å². The van der Waals surface area contributed by atoms with E-state index in [1.165, 1.54) is 0 Å². The lowest BCUT2D eigenvalue weighted by molar-refractivity contribution is 0.238. The van der Waals surface area contributed by atoms with Gasteiger partial charge in [-0.1, -0.05) is 17.3 Å². The number of hydrogen-bond donors (Lipinski definition) is 2. The summed E-state index contributed by atoms with van der Waals surface area (Å²) in [6.45, 7) is 3.56. The van der Waals surface area contributed by atoms with Crippen LogP contribution in [-0.4, -0.2) is 34.4 Å². The van der Waals surface area contributed by atoms with Crippen LogP contribution in [0, 0.1) is 0 Å². The summed E-state index contributed by atoms with van der Waals surface area (Å²) in [5, 5.41) is 9.50. The number of rotatable bonds is 8. The number of carbonyl (C=O) groups excluding carboxylic acids is 1. The number of hydrogen-bond acceptors (Lipinski definition) is 5. The summed E-state index contributed by atoms with van der Waals surface area (Å²) < 4.78 is 12.3. The molecule has 0 aliphatic carbocycles. The van der Waals surface area contributed by atoms with E-state index in [0.29, 0.717) is 18.3 Å². The number of ether oxygens (including phenoxy) is 1. The number of methoxy groups -OCH3 is 1. The van der Waals surface area contributed by atoms with E-state index in [1.807, 2.05) is 54.1 Å². The molecule has 0 atom stereocenters. The standard InChI is InChI=1S/C19H23N5O3/c1-3-24-12-4-5-16(24)18-22-17(27-23-18)13-21-19(25)20-11-10-14-6-8-15(26-2)9-7-14/h4-9,12H,3,10-11,13H2,1-2H3,(H2,20,21,25). The van der Waals surface area contributed by atoms with Gasteiger partial charge >= 0.3 is 6.03 Å². The summed E-state index contributed by atoms with van der Waals surface area (Å²) in [5.41, 5.74) is 2.01. The zero-order valence-corrected chi connectivity index (χ0v) is 15.4. The first-order chi connectivity index (χ1) is 13.2. The zero-order valence-electron chi connectivity index (χ0n) is 15.4. The topological polar surface area (TPSA) is 94.2 Å². The molecule has 0 bridgehead atoms. The highest BCUT2D eigenvalue weighted by Gasteiger charge is 2.12. The number of benzene rings is 1. The Morgan fingerprint density at radius 1 is 1.22 bits per heavy atom. The van der Waals surface area contributed by atoms with E-state index >= 15 is 0 Å². The van der Waals surface area contributed by atoms with Crippen LogP contribution in [0.15, 0.2) is 47.1 Å². The van der Waals surface area contributed by atoms with Gasteiger partial charge in [-0.05, 0) is 43.2 Å². The highest BCUT2D eigenvalue weighted by atomic mass is 16.5. The third-order valence-electron chi connectivity index (χ3n) is 4.13. The Bertz CT molecular complexity index is 870. The Balaban J connectivity index is 1.42. The van der Waals surface area contributed by atoms with E-state index in [4.69, 9.17) is 9.26 Å². The summed E-state index contributed by atoms with van der Waals surface area (Å²) in [4.78, 5) is 16.2. The molecule has 0 spiro atoms. The van der Waals surface area contributed by atoms with Crippen LogP contribution in [0.2, 0.25) is 0 Å². The van der Waals surface area contributed by atoms with E-state index in [0.717, 1.165) is 30.0 Å². The average Bonchev–Trinajstić information content (AvgIpc) is 3.35. The number of nitrogens with one attached hydrogen (secondary N) is 2. The molecule has 0 fully saturated rings. The maximum Gasteiger partial charge on any atom is 0.315 e. The van der Waals surface area contributed by atoms with E-state index in [9.17, 15) is 4.79 Å². The fraction of sp³-hybridized carbons (Fsp3) is 0.316. The molecule has 3 aromatic rings. The van der Waals surface area contributed by atoms with Crippen molar-refractivity contribution in [1.29, 1.82) is 0 Å². The molecule has 27 heavy (non-hydrogen) atoms. The number of urea groups is 1. The predicted molar refractivity (Wildman–Crippen MR) is 100 cm³/mol. The fourth-order valence-electron chi connectivity index (χ4n) is 2.65. The highest BCUT2D eigenvalue weighted by molar-refractivity contribution is 5.73. The Kier molecular flexibility index (Phi) is 6.09. The largest absolute Gasteiger partial charge is 0.497 e. The van der Waals surface area contributed by atoms with Crippen LogP contribution in [0.4, 0.5) is 4.79 Å². The van der Waals surface area contributed by atoms with Crippen LogP contribution >= 0.6 is 0 Å². The first kappa shape index (κ1) is 18.5. The molecule has 3 rings (SSSR count). The Labute approximate surface area is 157 Å². The quantitative estimate of drug-likeness (QED) is 0.636.